The van der Waals surface area contributed by atoms with Crippen molar-refractivity contribution >= 4 is 23.8 Å². The summed E-state index contributed by atoms with van der Waals surface area (Å²) in [5.74, 6) is -0.0952. The Morgan fingerprint density at radius 1 is 1.16 bits per heavy atom. The van der Waals surface area contributed by atoms with Crippen LogP contribution in [0.5, 0.6) is 5.75 Å². The van der Waals surface area contributed by atoms with Crippen LogP contribution in [0.15, 0.2) is 48.5 Å². The van der Waals surface area contributed by atoms with Gasteiger partial charge in [-0.15, -0.1) is 0 Å². The fourth-order valence-corrected chi connectivity index (χ4v) is 2.31. The standard InChI is InChI=1S/C19H20N2O4/c1-13(15-7-5-8-17(10-15)21-14(2)23)20-19(24)12-25-18-9-4-3-6-16(18)11-22/h3-11,13H,12H2,1-2H3,(H,20,24)(H,21,23)/t13-/m0/s1. The average molecular weight is 340 g/mol. The van der Waals surface area contributed by atoms with Crippen LogP contribution in [-0.4, -0.2) is 24.7 Å². The summed E-state index contributed by atoms with van der Waals surface area (Å²) >= 11 is 0. The minimum Gasteiger partial charge on any atom is -0.483 e. The van der Waals surface area contributed by atoms with Gasteiger partial charge in [-0.05, 0) is 36.8 Å². The first-order valence-corrected chi connectivity index (χ1v) is 7.83. The van der Waals surface area contributed by atoms with Crippen LogP contribution in [0.2, 0.25) is 0 Å². The topological polar surface area (TPSA) is 84.5 Å². The van der Waals surface area contributed by atoms with E-state index in [9.17, 15) is 14.4 Å². The SMILES string of the molecule is CC(=O)Nc1cccc([C@H](C)NC(=O)COc2ccccc2C=O)c1. The normalized spacial score (nSPS) is 11.3. The van der Waals surface area contributed by atoms with Gasteiger partial charge in [-0.2, -0.15) is 0 Å². The summed E-state index contributed by atoms with van der Waals surface area (Å²) in [6.07, 6.45) is 0.684. The lowest BCUT2D eigenvalue weighted by molar-refractivity contribution is -0.123. The number of benzene rings is 2. The van der Waals surface area contributed by atoms with E-state index < -0.39 is 0 Å². The highest BCUT2D eigenvalue weighted by Gasteiger charge is 2.12. The monoisotopic (exact) mass is 340 g/mol. The third-order valence-corrected chi connectivity index (χ3v) is 3.49. The van der Waals surface area contributed by atoms with Gasteiger partial charge in [-0.1, -0.05) is 24.3 Å². The molecule has 2 amide bonds. The fraction of sp³-hybridized carbons (Fsp3) is 0.211. The summed E-state index contributed by atoms with van der Waals surface area (Å²) in [5.41, 5.74) is 1.92. The molecule has 0 bridgehead atoms. The van der Waals surface area contributed by atoms with E-state index in [4.69, 9.17) is 4.74 Å². The molecule has 6 nitrogen and oxygen atoms in total. The molecule has 0 aromatic heterocycles. The molecule has 0 heterocycles. The first-order valence-electron chi connectivity index (χ1n) is 7.83. The Morgan fingerprint density at radius 3 is 2.64 bits per heavy atom. The number of amides is 2. The Bertz CT molecular complexity index is 774. The van der Waals surface area contributed by atoms with E-state index in [0.717, 1.165) is 5.56 Å². The number of carbonyl (C=O) groups excluding carboxylic acids is 3. The second-order valence-corrected chi connectivity index (χ2v) is 5.54. The second kappa shape index (κ2) is 8.63. The van der Waals surface area contributed by atoms with Gasteiger partial charge in [0.2, 0.25) is 5.91 Å². The molecule has 130 valence electrons. The lowest BCUT2D eigenvalue weighted by atomic mass is 10.1. The minimum atomic E-state index is -0.307. The van der Waals surface area contributed by atoms with Crippen molar-refractivity contribution in [1.29, 1.82) is 0 Å². The molecule has 0 radical (unpaired) electrons. The maximum Gasteiger partial charge on any atom is 0.258 e. The Balaban J connectivity index is 1.93. The number of anilines is 1. The Hall–Kier alpha value is -3.15. The van der Waals surface area contributed by atoms with Crippen molar-refractivity contribution in [3.8, 4) is 5.75 Å². The van der Waals surface area contributed by atoms with Crippen molar-refractivity contribution in [1.82, 2.24) is 5.32 Å². The molecule has 0 fully saturated rings. The third-order valence-electron chi connectivity index (χ3n) is 3.49. The van der Waals surface area contributed by atoms with E-state index >= 15 is 0 Å². The molecule has 1 atom stereocenters. The van der Waals surface area contributed by atoms with E-state index in [1.165, 1.54) is 6.92 Å². The van der Waals surface area contributed by atoms with Crippen molar-refractivity contribution < 1.29 is 19.1 Å². The number of aldehydes is 1. The number of nitrogens with one attached hydrogen (secondary N) is 2. The minimum absolute atomic E-state index is 0.156. The van der Waals surface area contributed by atoms with E-state index in [2.05, 4.69) is 10.6 Å². The summed E-state index contributed by atoms with van der Waals surface area (Å²) in [4.78, 5) is 34.1. The summed E-state index contributed by atoms with van der Waals surface area (Å²) in [6.45, 7) is 3.08. The van der Waals surface area contributed by atoms with Crippen LogP contribution in [0, 0.1) is 0 Å². The molecule has 0 saturated heterocycles. The summed E-state index contributed by atoms with van der Waals surface area (Å²) in [6, 6.07) is 13.7. The first kappa shape index (κ1) is 18.2. The quantitative estimate of drug-likeness (QED) is 0.759. The van der Waals surface area contributed by atoms with Gasteiger partial charge in [-0.3, -0.25) is 14.4 Å². The molecule has 6 heteroatoms. The van der Waals surface area contributed by atoms with Gasteiger partial charge in [-0.25, -0.2) is 0 Å². The molecule has 0 aliphatic heterocycles. The van der Waals surface area contributed by atoms with Gasteiger partial charge >= 0.3 is 0 Å². The fourth-order valence-electron chi connectivity index (χ4n) is 2.31. The van der Waals surface area contributed by atoms with Gasteiger partial charge in [0.15, 0.2) is 12.9 Å². The second-order valence-electron chi connectivity index (χ2n) is 5.54. The summed E-state index contributed by atoms with van der Waals surface area (Å²) in [5, 5.41) is 5.52. The van der Waals surface area contributed by atoms with Crippen LogP contribution in [0.25, 0.3) is 0 Å². The number of rotatable bonds is 7. The number of ether oxygens (including phenoxy) is 1. The van der Waals surface area contributed by atoms with Crippen LogP contribution in [-0.2, 0) is 9.59 Å². The largest absolute Gasteiger partial charge is 0.483 e. The zero-order valence-corrected chi connectivity index (χ0v) is 14.1. The molecule has 2 aromatic rings. The van der Waals surface area contributed by atoms with Crippen LogP contribution in [0.1, 0.15) is 35.8 Å². The van der Waals surface area contributed by atoms with Crippen molar-refractivity contribution in [2.24, 2.45) is 0 Å². The Kier molecular flexibility index (Phi) is 6.28. The van der Waals surface area contributed by atoms with Gasteiger partial charge in [0, 0.05) is 12.6 Å². The molecule has 0 aliphatic rings. The van der Waals surface area contributed by atoms with Crippen LogP contribution in [0.4, 0.5) is 5.69 Å². The summed E-state index contributed by atoms with van der Waals surface area (Å²) in [7, 11) is 0. The van der Waals surface area contributed by atoms with E-state index in [-0.39, 0.29) is 24.5 Å². The number of hydrogen-bond acceptors (Lipinski definition) is 4. The number of para-hydroxylation sites is 1. The number of carbonyl (C=O) groups is 3. The highest BCUT2D eigenvalue weighted by molar-refractivity contribution is 5.88. The van der Waals surface area contributed by atoms with E-state index in [1.807, 2.05) is 13.0 Å². The predicted octanol–water partition coefficient (Wildman–Crippen LogP) is 2.71. The van der Waals surface area contributed by atoms with Crippen LogP contribution in [0.3, 0.4) is 0 Å². The lowest BCUT2D eigenvalue weighted by Crippen LogP contribution is -2.31. The molecular formula is C19H20N2O4. The van der Waals surface area contributed by atoms with Crippen LogP contribution < -0.4 is 15.4 Å². The Morgan fingerprint density at radius 2 is 1.92 bits per heavy atom. The molecule has 2 rings (SSSR count). The molecule has 2 N–H and O–H groups in total. The van der Waals surface area contributed by atoms with Crippen molar-refractivity contribution in [2.45, 2.75) is 19.9 Å². The van der Waals surface area contributed by atoms with Crippen LogP contribution >= 0.6 is 0 Å². The molecular weight excluding hydrogens is 320 g/mol. The third kappa shape index (κ3) is 5.46. The Labute approximate surface area is 146 Å². The van der Waals surface area contributed by atoms with Gasteiger partial charge in [0.25, 0.3) is 5.91 Å². The molecule has 0 saturated carbocycles. The molecule has 0 aliphatic carbocycles. The summed E-state index contributed by atoms with van der Waals surface area (Å²) < 4.78 is 5.40. The van der Waals surface area contributed by atoms with E-state index in [0.29, 0.717) is 23.3 Å². The van der Waals surface area contributed by atoms with E-state index in [1.54, 1.807) is 42.5 Å². The highest BCUT2D eigenvalue weighted by Crippen LogP contribution is 2.18. The smallest absolute Gasteiger partial charge is 0.258 e. The van der Waals surface area contributed by atoms with Crippen molar-refractivity contribution in [3.63, 3.8) is 0 Å². The predicted molar refractivity (Wildman–Crippen MR) is 94.6 cm³/mol. The molecule has 25 heavy (non-hydrogen) atoms. The van der Waals surface area contributed by atoms with Gasteiger partial charge < -0.3 is 15.4 Å². The average Bonchev–Trinajstić information content (AvgIpc) is 2.59. The lowest BCUT2D eigenvalue weighted by Gasteiger charge is -2.16. The van der Waals surface area contributed by atoms with Gasteiger partial charge in [0.05, 0.1) is 11.6 Å². The van der Waals surface area contributed by atoms with Crippen molar-refractivity contribution in [2.75, 3.05) is 11.9 Å². The molecule has 2 aromatic carbocycles. The zero-order chi connectivity index (χ0) is 18.2. The molecule has 0 spiro atoms. The maximum atomic E-state index is 12.1. The first-order chi connectivity index (χ1) is 12.0. The number of hydrogen-bond donors (Lipinski definition) is 2. The maximum absolute atomic E-state index is 12.1. The molecule has 0 unspecified atom stereocenters. The zero-order valence-electron chi connectivity index (χ0n) is 14.1. The van der Waals surface area contributed by atoms with Crippen molar-refractivity contribution in [3.05, 3.63) is 59.7 Å². The highest BCUT2D eigenvalue weighted by atomic mass is 16.5. The van der Waals surface area contributed by atoms with Gasteiger partial charge in [0.1, 0.15) is 5.75 Å².